The lowest BCUT2D eigenvalue weighted by Crippen LogP contribution is -2.21. The highest BCUT2D eigenvalue weighted by Crippen LogP contribution is 2.19. The first-order chi connectivity index (χ1) is 9.60. The first-order valence-corrected chi connectivity index (χ1v) is 6.95. The van der Waals surface area contributed by atoms with Gasteiger partial charge in [-0.1, -0.05) is 0 Å². The van der Waals surface area contributed by atoms with Crippen molar-refractivity contribution < 1.29 is 9.53 Å². The number of anilines is 2. The molecule has 3 N–H and O–H groups in total. The highest BCUT2D eigenvalue weighted by molar-refractivity contribution is 5.95. The van der Waals surface area contributed by atoms with Crippen LogP contribution in [0.1, 0.15) is 23.7 Å². The van der Waals surface area contributed by atoms with E-state index < -0.39 is 5.97 Å². The number of esters is 1. The largest absolute Gasteiger partial charge is 0.462 e. The van der Waals surface area contributed by atoms with Gasteiger partial charge in [0.15, 0.2) is 0 Å². The van der Waals surface area contributed by atoms with Crippen LogP contribution < -0.4 is 11.1 Å². The van der Waals surface area contributed by atoms with Gasteiger partial charge < -0.3 is 20.7 Å². The molecule has 0 aromatic carbocycles. The van der Waals surface area contributed by atoms with Gasteiger partial charge in [0.25, 0.3) is 0 Å². The summed E-state index contributed by atoms with van der Waals surface area (Å²) in [4.78, 5) is 18.4. The molecule has 110 valence electrons. The zero-order chi connectivity index (χ0) is 14.5. The van der Waals surface area contributed by atoms with Crippen molar-refractivity contribution in [1.82, 2.24) is 9.88 Å². The Bertz CT molecular complexity index is 478. The van der Waals surface area contributed by atoms with Crippen LogP contribution in [0.4, 0.5) is 11.5 Å². The number of aromatic nitrogens is 1. The highest BCUT2D eigenvalue weighted by atomic mass is 16.5. The molecule has 0 saturated carbocycles. The van der Waals surface area contributed by atoms with E-state index in [0.717, 1.165) is 26.1 Å². The molecule has 0 aliphatic carbocycles. The van der Waals surface area contributed by atoms with Gasteiger partial charge in [0.05, 0.1) is 18.5 Å². The van der Waals surface area contributed by atoms with Crippen molar-refractivity contribution in [2.75, 3.05) is 44.3 Å². The molecule has 1 aliphatic rings. The monoisotopic (exact) mass is 278 g/mol. The summed E-state index contributed by atoms with van der Waals surface area (Å²) in [6.07, 6.45) is 2.71. The van der Waals surface area contributed by atoms with Crippen LogP contribution in [0, 0.1) is 5.92 Å². The highest BCUT2D eigenvalue weighted by Gasteiger charge is 2.20. The van der Waals surface area contributed by atoms with Crippen LogP contribution in [-0.4, -0.2) is 49.1 Å². The maximum atomic E-state index is 11.9. The molecule has 0 spiro atoms. The Kier molecular flexibility index (Phi) is 4.79. The van der Waals surface area contributed by atoms with E-state index >= 15 is 0 Å². The lowest BCUT2D eigenvalue weighted by molar-refractivity contribution is 0.0527. The number of pyridine rings is 1. The molecule has 0 amide bonds. The van der Waals surface area contributed by atoms with Crippen molar-refractivity contribution >= 4 is 17.5 Å². The second-order valence-corrected chi connectivity index (χ2v) is 5.18. The first kappa shape index (κ1) is 14.6. The Balaban J connectivity index is 2.04. The van der Waals surface area contributed by atoms with Gasteiger partial charge >= 0.3 is 5.97 Å². The number of nitrogens with zero attached hydrogens (tertiary/aromatic N) is 2. The normalized spacial score (nSPS) is 19.0. The second kappa shape index (κ2) is 6.56. The molecule has 2 rings (SSSR count). The van der Waals surface area contributed by atoms with E-state index in [1.54, 1.807) is 19.2 Å². The van der Waals surface area contributed by atoms with Crippen molar-refractivity contribution in [1.29, 1.82) is 0 Å². The lowest BCUT2D eigenvalue weighted by atomic mass is 10.1. The average Bonchev–Trinajstić information content (AvgIpc) is 2.83. The number of ether oxygens (including phenoxy) is 1. The van der Waals surface area contributed by atoms with Crippen molar-refractivity contribution in [3.63, 3.8) is 0 Å². The molecule has 1 aliphatic heterocycles. The van der Waals surface area contributed by atoms with Crippen LogP contribution in [0.2, 0.25) is 0 Å². The fraction of sp³-hybridized carbons (Fsp3) is 0.571. The van der Waals surface area contributed by atoms with Crippen molar-refractivity contribution in [2.24, 2.45) is 5.92 Å². The summed E-state index contributed by atoms with van der Waals surface area (Å²) >= 11 is 0. The molecule has 1 fully saturated rings. The quantitative estimate of drug-likeness (QED) is 0.788. The summed E-state index contributed by atoms with van der Waals surface area (Å²) in [7, 11) is 2.12. The van der Waals surface area contributed by atoms with Gasteiger partial charge in [-0.15, -0.1) is 0 Å². The van der Waals surface area contributed by atoms with Crippen LogP contribution in [0.25, 0.3) is 0 Å². The zero-order valence-corrected chi connectivity index (χ0v) is 12.1. The molecule has 20 heavy (non-hydrogen) atoms. The van der Waals surface area contributed by atoms with E-state index in [4.69, 9.17) is 10.5 Å². The van der Waals surface area contributed by atoms with Gasteiger partial charge in [0.1, 0.15) is 11.4 Å². The fourth-order valence-electron chi connectivity index (χ4n) is 2.42. The van der Waals surface area contributed by atoms with E-state index in [1.807, 2.05) is 0 Å². The first-order valence-electron chi connectivity index (χ1n) is 6.95. The number of nitrogens with one attached hydrogen (secondary N) is 1. The summed E-state index contributed by atoms with van der Waals surface area (Å²) < 4.78 is 5.03. The van der Waals surface area contributed by atoms with Crippen LogP contribution in [0.15, 0.2) is 12.3 Å². The minimum atomic E-state index is -0.390. The van der Waals surface area contributed by atoms with Crippen LogP contribution in [0.3, 0.4) is 0 Å². The second-order valence-electron chi connectivity index (χ2n) is 5.18. The Morgan fingerprint density at radius 3 is 3.10 bits per heavy atom. The number of hydrogen-bond acceptors (Lipinski definition) is 6. The van der Waals surface area contributed by atoms with E-state index in [-0.39, 0.29) is 0 Å². The summed E-state index contributed by atoms with van der Waals surface area (Å²) in [6, 6.07) is 1.61. The van der Waals surface area contributed by atoms with Crippen molar-refractivity contribution in [3.05, 3.63) is 17.8 Å². The van der Waals surface area contributed by atoms with Crippen LogP contribution in [0.5, 0.6) is 0 Å². The molecule has 6 nitrogen and oxygen atoms in total. The third-order valence-electron chi connectivity index (χ3n) is 3.45. The minimum absolute atomic E-state index is 0.334. The Morgan fingerprint density at radius 1 is 1.65 bits per heavy atom. The number of rotatable bonds is 5. The number of carbonyl (C=O) groups excluding carboxylic acids is 1. The maximum absolute atomic E-state index is 11.9. The summed E-state index contributed by atoms with van der Waals surface area (Å²) in [6.45, 7) is 5.09. The minimum Gasteiger partial charge on any atom is -0.462 e. The maximum Gasteiger partial charge on any atom is 0.341 e. The number of hydrogen-bond donors (Lipinski definition) is 2. The van der Waals surface area contributed by atoms with Gasteiger partial charge in [0, 0.05) is 13.1 Å². The zero-order valence-electron chi connectivity index (χ0n) is 12.1. The molecule has 6 heteroatoms. The summed E-state index contributed by atoms with van der Waals surface area (Å²) in [5.41, 5.74) is 6.55. The molecule has 2 heterocycles. The van der Waals surface area contributed by atoms with Gasteiger partial charge in [-0.05, 0) is 38.9 Å². The van der Waals surface area contributed by atoms with Gasteiger partial charge in [-0.3, -0.25) is 0 Å². The molecular formula is C14H22N4O2. The predicted octanol–water partition coefficient (Wildman–Crippen LogP) is 1.20. The van der Waals surface area contributed by atoms with Crippen molar-refractivity contribution in [3.8, 4) is 0 Å². The number of nitrogens with two attached hydrogens (primary N) is 1. The third kappa shape index (κ3) is 3.60. The van der Waals surface area contributed by atoms with Crippen LogP contribution in [-0.2, 0) is 4.74 Å². The van der Waals surface area contributed by atoms with Crippen LogP contribution >= 0.6 is 0 Å². The third-order valence-corrected chi connectivity index (χ3v) is 3.45. The smallest absolute Gasteiger partial charge is 0.341 e. The molecule has 1 saturated heterocycles. The Hall–Kier alpha value is -1.82. The van der Waals surface area contributed by atoms with E-state index in [2.05, 4.69) is 22.2 Å². The molecule has 1 atom stereocenters. The van der Waals surface area contributed by atoms with Crippen molar-refractivity contribution in [2.45, 2.75) is 13.3 Å². The number of nitrogen functional groups attached to an aromatic ring is 1. The van der Waals surface area contributed by atoms with E-state index in [0.29, 0.717) is 29.6 Å². The number of likely N-dealkylation sites (tertiary alicyclic amines) is 1. The van der Waals surface area contributed by atoms with Gasteiger partial charge in [-0.25, -0.2) is 9.78 Å². The lowest BCUT2D eigenvalue weighted by Gasteiger charge is -2.14. The average molecular weight is 278 g/mol. The Labute approximate surface area is 119 Å². The molecule has 1 aromatic rings. The standard InChI is InChI=1S/C14H22N4O2/c1-3-20-14(19)12-6-11(15)8-17-13(12)16-7-10-4-5-18(2)9-10/h6,8,10H,3-5,7,9,15H2,1-2H3,(H,16,17). The van der Waals surface area contributed by atoms with E-state index in [1.165, 1.54) is 0 Å². The topological polar surface area (TPSA) is 80.5 Å². The molecule has 1 unspecified atom stereocenters. The predicted molar refractivity (Wildman–Crippen MR) is 78.7 cm³/mol. The summed E-state index contributed by atoms with van der Waals surface area (Å²) in [5, 5.41) is 3.25. The fourth-order valence-corrected chi connectivity index (χ4v) is 2.42. The molecular weight excluding hydrogens is 256 g/mol. The van der Waals surface area contributed by atoms with E-state index in [9.17, 15) is 4.79 Å². The van der Waals surface area contributed by atoms with Gasteiger partial charge in [0.2, 0.25) is 0 Å². The molecule has 0 radical (unpaired) electrons. The number of carbonyl (C=O) groups is 1. The SMILES string of the molecule is CCOC(=O)c1cc(N)cnc1NCC1CCN(C)C1. The molecule has 1 aromatic heterocycles. The van der Waals surface area contributed by atoms with Gasteiger partial charge in [-0.2, -0.15) is 0 Å². The summed E-state index contributed by atoms with van der Waals surface area (Å²) in [5.74, 6) is 0.736. The Morgan fingerprint density at radius 2 is 2.45 bits per heavy atom. The molecule has 0 bridgehead atoms.